The van der Waals surface area contributed by atoms with Crippen molar-refractivity contribution in [3.63, 3.8) is 0 Å². The fraction of sp³-hybridized carbons (Fsp3) is 0.158. The Morgan fingerprint density at radius 3 is 2.50 bits per heavy atom. The molecule has 0 spiro atoms. The van der Waals surface area contributed by atoms with Crippen molar-refractivity contribution in [2.45, 2.75) is 6.92 Å². The minimum absolute atomic E-state index is 0.277. The number of nitrogens with zero attached hydrogens (tertiary/aromatic N) is 2. The molecule has 24 heavy (non-hydrogen) atoms. The first kappa shape index (κ1) is 15.8. The van der Waals surface area contributed by atoms with Gasteiger partial charge < -0.3 is 14.2 Å². The van der Waals surface area contributed by atoms with E-state index in [9.17, 15) is 4.79 Å². The Bertz CT molecular complexity index is 962. The molecule has 0 unspecified atom stereocenters. The molecule has 0 saturated carbocycles. The highest BCUT2D eigenvalue weighted by Gasteiger charge is 2.17. The summed E-state index contributed by atoms with van der Waals surface area (Å²) in [4.78, 5) is 15.1. The van der Waals surface area contributed by atoms with E-state index in [4.69, 9.17) is 9.83 Å². The molecule has 0 amide bonds. The molecule has 0 fully saturated rings. The second-order valence-electron chi connectivity index (χ2n) is 5.73. The van der Waals surface area contributed by atoms with E-state index in [1.165, 1.54) is 6.07 Å². The minimum Gasteiger partial charge on any atom is -0.420 e. The largest absolute Gasteiger partial charge is 0.420 e. The summed E-state index contributed by atoms with van der Waals surface area (Å²) in [5.41, 5.74) is 2.81. The number of benzene rings is 2. The highest BCUT2D eigenvalue weighted by atomic mass is 16.4. The van der Waals surface area contributed by atoms with E-state index < -0.39 is 5.63 Å². The van der Waals surface area contributed by atoms with Crippen molar-refractivity contribution in [2.24, 2.45) is 0 Å². The van der Waals surface area contributed by atoms with Crippen LogP contribution in [-0.2, 0) is 0 Å². The Labute approximate surface area is 140 Å². The van der Waals surface area contributed by atoms with Crippen LogP contribution in [0.3, 0.4) is 0 Å². The molecule has 1 heterocycles. The first-order chi connectivity index (χ1) is 11.5. The van der Waals surface area contributed by atoms with Gasteiger partial charge in [0, 0.05) is 31.2 Å². The summed E-state index contributed by atoms with van der Waals surface area (Å²) in [6.07, 6.45) is 0. The molecule has 0 radical (unpaired) electrons. The lowest BCUT2D eigenvalue weighted by atomic mass is 10.2. The van der Waals surface area contributed by atoms with Gasteiger partial charge in [-0.05, 0) is 36.8 Å². The molecule has 3 rings (SSSR count). The number of rotatable bonds is 2. The van der Waals surface area contributed by atoms with Gasteiger partial charge in [0.05, 0.1) is 5.69 Å². The number of nitrogens with one attached hydrogen (secondary N) is 1. The van der Waals surface area contributed by atoms with Crippen molar-refractivity contribution in [3.8, 4) is 0 Å². The Balaban J connectivity index is 1.99. The Morgan fingerprint density at radius 1 is 1.00 bits per heavy atom. The van der Waals surface area contributed by atoms with Crippen LogP contribution in [-0.4, -0.2) is 20.1 Å². The Morgan fingerprint density at radius 2 is 1.75 bits per heavy atom. The summed E-state index contributed by atoms with van der Waals surface area (Å²) in [6, 6.07) is 16.7. The third-order valence-corrected chi connectivity index (χ3v) is 4.01. The number of aryl methyl sites for hydroxylation is 1. The number of anilines is 2. The van der Waals surface area contributed by atoms with Gasteiger partial charge in [-0.25, -0.2) is 4.79 Å². The van der Waals surface area contributed by atoms with Crippen LogP contribution in [0.25, 0.3) is 11.0 Å². The van der Waals surface area contributed by atoms with Crippen molar-refractivity contribution in [3.05, 3.63) is 70.6 Å². The van der Waals surface area contributed by atoms with E-state index in [0.717, 1.165) is 16.6 Å². The van der Waals surface area contributed by atoms with Crippen LogP contribution >= 0.6 is 0 Å². The molecule has 5 nitrogen and oxygen atoms in total. The molecule has 0 bridgehead atoms. The lowest BCUT2D eigenvalue weighted by Crippen LogP contribution is -2.39. The first-order valence-electron chi connectivity index (χ1n) is 7.63. The Kier molecular flexibility index (Phi) is 4.08. The molecule has 1 aromatic heterocycles. The van der Waals surface area contributed by atoms with E-state index in [1.807, 2.05) is 56.4 Å². The second kappa shape index (κ2) is 6.20. The molecule has 0 aliphatic heterocycles. The summed E-state index contributed by atoms with van der Waals surface area (Å²) >= 11 is 0. The summed E-state index contributed by atoms with van der Waals surface area (Å²) in [5.74, 6) is 0.277. The predicted molar refractivity (Wildman–Crippen MR) is 98.2 cm³/mol. The van der Waals surface area contributed by atoms with Crippen molar-refractivity contribution in [1.82, 2.24) is 0 Å². The standard InChI is InChI=1S/C19H19N3O2/c1-13-6-4-8-15(12-13)21(2)19(20)22(3)16-9-5-7-14-10-11-17(23)24-18(14)16/h4-12,20H,1-3H3. The molecule has 0 atom stereocenters. The highest BCUT2D eigenvalue weighted by Crippen LogP contribution is 2.26. The minimum atomic E-state index is -0.401. The van der Waals surface area contributed by atoms with Gasteiger partial charge in [-0.2, -0.15) is 0 Å². The van der Waals surface area contributed by atoms with Gasteiger partial charge in [0.15, 0.2) is 5.58 Å². The number of hydrogen-bond donors (Lipinski definition) is 1. The smallest absolute Gasteiger partial charge is 0.336 e. The van der Waals surface area contributed by atoms with Crippen LogP contribution in [0.4, 0.5) is 11.4 Å². The molecule has 5 heteroatoms. The molecule has 0 saturated heterocycles. The summed E-state index contributed by atoms with van der Waals surface area (Å²) in [5, 5.41) is 9.33. The average Bonchev–Trinajstić information content (AvgIpc) is 2.59. The molecule has 0 aliphatic carbocycles. The number of guanidine groups is 1. The topological polar surface area (TPSA) is 60.5 Å². The van der Waals surface area contributed by atoms with Gasteiger partial charge in [-0.15, -0.1) is 0 Å². The zero-order chi connectivity index (χ0) is 17.3. The quantitative estimate of drug-likeness (QED) is 0.445. The Hall–Kier alpha value is -3.08. The third kappa shape index (κ3) is 2.88. The van der Waals surface area contributed by atoms with Crippen LogP contribution in [0.15, 0.2) is 63.8 Å². The van der Waals surface area contributed by atoms with E-state index in [0.29, 0.717) is 11.3 Å². The van der Waals surface area contributed by atoms with Crippen LogP contribution in [0.1, 0.15) is 5.56 Å². The van der Waals surface area contributed by atoms with E-state index in [-0.39, 0.29) is 5.96 Å². The lowest BCUT2D eigenvalue weighted by Gasteiger charge is -2.28. The second-order valence-corrected chi connectivity index (χ2v) is 5.73. The fourth-order valence-corrected chi connectivity index (χ4v) is 2.64. The molecule has 0 aliphatic rings. The third-order valence-electron chi connectivity index (χ3n) is 4.01. The zero-order valence-corrected chi connectivity index (χ0v) is 13.9. The van der Waals surface area contributed by atoms with Crippen LogP contribution < -0.4 is 15.4 Å². The number of fused-ring (bicyclic) bond motifs is 1. The molecular formula is C19H19N3O2. The van der Waals surface area contributed by atoms with Gasteiger partial charge in [0.1, 0.15) is 0 Å². The maximum Gasteiger partial charge on any atom is 0.336 e. The van der Waals surface area contributed by atoms with Crippen LogP contribution in [0.2, 0.25) is 0 Å². The average molecular weight is 321 g/mol. The fourth-order valence-electron chi connectivity index (χ4n) is 2.64. The van der Waals surface area contributed by atoms with Crippen LogP contribution in [0, 0.1) is 12.3 Å². The monoisotopic (exact) mass is 321 g/mol. The molecule has 1 N–H and O–H groups in total. The van der Waals surface area contributed by atoms with Crippen molar-refractivity contribution in [1.29, 1.82) is 5.41 Å². The highest BCUT2D eigenvalue weighted by molar-refractivity contribution is 6.08. The first-order valence-corrected chi connectivity index (χ1v) is 7.63. The zero-order valence-electron chi connectivity index (χ0n) is 13.9. The maximum absolute atomic E-state index is 11.6. The molecule has 2 aromatic carbocycles. The molecule has 122 valence electrons. The van der Waals surface area contributed by atoms with Gasteiger partial charge in [-0.1, -0.05) is 24.3 Å². The number of para-hydroxylation sites is 1. The van der Waals surface area contributed by atoms with E-state index in [2.05, 4.69) is 0 Å². The predicted octanol–water partition coefficient (Wildman–Crippen LogP) is 3.61. The summed E-state index contributed by atoms with van der Waals surface area (Å²) in [7, 11) is 3.63. The SMILES string of the molecule is Cc1cccc(N(C)C(=N)N(C)c2cccc3ccc(=O)oc23)c1. The van der Waals surface area contributed by atoms with Gasteiger partial charge in [-0.3, -0.25) is 5.41 Å². The van der Waals surface area contributed by atoms with Crippen LogP contribution in [0.5, 0.6) is 0 Å². The van der Waals surface area contributed by atoms with Gasteiger partial charge in [0.25, 0.3) is 0 Å². The van der Waals surface area contributed by atoms with Crippen molar-refractivity contribution < 1.29 is 4.42 Å². The lowest BCUT2D eigenvalue weighted by molar-refractivity contribution is 0.561. The summed E-state index contributed by atoms with van der Waals surface area (Å²) in [6.45, 7) is 2.02. The number of hydrogen-bond acceptors (Lipinski definition) is 3. The van der Waals surface area contributed by atoms with E-state index in [1.54, 1.807) is 22.9 Å². The normalized spacial score (nSPS) is 10.6. The molecular weight excluding hydrogens is 302 g/mol. The summed E-state index contributed by atoms with van der Waals surface area (Å²) < 4.78 is 5.36. The van der Waals surface area contributed by atoms with E-state index >= 15 is 0 Å². The molecule has 3 aromatic rings. The van der Waals surface area contributed by atoms with Gasteiger partial charge >= 0.3 is 5.63 Å². The van der Waals surface area contributed by atoms with Crippen molar-refractivity contribution >= 4 is 28.3 Å². The van der Waals surface area contributed by atoms with Crippen molar-refractivity contribution in [2.75, 3.05) is 23.9 Å². The maximum atomic E-state index is 11.6. The van der Waals surface area contributed by atoms with Gasteiger partial charge in [0.2, 0.25) is 5.96 Å².